The van der Waals surface area contributed by atoms with Crippen molar-refractivity contribution in [2.75, 3.05) is 19.4 Å². The van der Waals surface area contributed by atoms with Crippen molar-refractivity contribution in [3.63, 3.8) is 0 Å². The quantitative estimate of drug-likeness (QED) is 0.311. The Bertz CT molecular complexity index is 1410. The monoisotopic (exact) mass is 510 g/mol. The molecule has 2 fully saturated rings. The average Bonchev–Trinajstić information content (AvgIpc) is 3.09. The van der Waals surface area contributed by atoms with E-state index < -0.39 is 52.6 Å². The number of hydrogen-bond acceptors (Lipinski definition) is 8. The number of hydrogen-bond donors (Lipinski definition) is 4. The van der Waals surface area contributed by atoms with Crippen LogP contribution in [0.3, 0.4) is 0 Å². The number of amides is 1. The van der Waals surface area contributed by atoms with Crippen LogP contribution in [0.15, 0.2) is 12.1 Å². The summed E-state index contributed by atoms with van der Waals surface area (Å²) in [6.07, 6.45) is -8.10. The molecule has 2 aliphatic rings. The SMILES string of the molecule is CNC(=O)[C@@]12CC1[C@@H](n1c(C(F)(F)F)nc3c(NC)nc(C#Cc4ccc(F)s4)nc31)[C@H](O)[C@@H]2O. The molecule has 0 aromatic carbocycles. The summed E-state index contributed by atoms with van der Waals surface area (Å²) in [4.78, 5) is 24.8. The molecule has 35 heavy (non-hydrogen) atoms. The Morgan fingerprint density at radius 3 is 2.57 bits per heavy atom. The summed E-state index contributed by atoms with van der Waals surface area (Å²) in [6.45, 7) is 0. The molecular formula is C21H18F4N6O3S. The van der Waals surface area contributed by atoms with Gasteiger partial charge in [-0.1, -0.05) is 11.3 Å². The van der Waals surface area contributed by atoms with Gasteiger partial charge in [0.15, 0.2) is 22.1 Å². The van der Waals surface area contributed by atoms with Crippen LogP contribution < -0.4 is 10.6 Å². The molecule has 3 aromatic heterocycles. The van der Waals surface area contributed by atoms with Gasteiger partial charge in [-0.3, -0.25) is 9.36 Å². The fraction of sp³-hybridized carbons (Fsp3) is 0.429. The van der Waals surface area contributed by atoms with Gasteiger partial charge in [-0.2, -0.15) is 17.6 Å². The highest BCUT2D eigenvalue weighted by atomic mass is 32.1. The first-order valence-corrected chi connectivity index (χ1v) is 11.2. The molecule has 0 bridgehead atoms. The summed E-state index contributed by atoms with van der Waals surface area (Å²) in [7, 11) is 2.79. The summed E-state index contributed by atoms with van der Waals surface area (Å²) in [5, 5.41) is 26.0. The maximum absolute atomic E-state index is 14.1. The predicted molar refractivity (Wildman–Crippen MR) is 116 cm³/mol. The second-order valence-electron chi connectivity index (χ2n) is 8.33. The lowest BCUT2D eigenvalue weighted by molar-refractivity contribution is -0.149. The number of rotatable bonds is 3. The minimum atomic E-state index is -4.94. The van der Waals surface area contributed by atoms with Crippen molar-refractivity contribution in [1.29, 1.82) is 0 Å². The molecule has 5 rings (SSSR count). The normalized spacial score (nSPS) is 27.3. The Balaban J connectivity index is 1.71. The number of aliphatic hydroxyl groups excluding tert-OH is 2. The van der Waals surface area contributed by atoms with E-state index in [0.717, 1.165) is 15.9 Å². The zero-order valence-electron chi connectivity index (χ0n) is 18.2. The second kappa shape index (κ2) is 7.87. The third-order valence-corrected chi connectivity index (χ3v) is 7.31. The van der Waals surface area contributed by atoms with Crippen LogP contribution in [0, 0.1) is 28.3 Å². The minimum absolute atomic E-state index is 0.0395. The number of fused-ring (bicyclic) bond motifs is 2. The van der Waals surface area contributed by atoms with Crippen LogP contribution in [0.4, 0.5) is 23.4 Å². The fourth-order valence-electron chi connectivity index (χ4n) is 4.95. The molecule has 14 heteroatoms. The number of carbonyl (C=O) groups excluding carboxylic acids is 1. The largest absolute Gasteiger partial charge is 0.449 e. The van der Waals surface area contributed by atoms with Crippen LogP contribution >= 0.6 is 11.3 Å². The van der Waals surface area contributed by atoms with Gasteiger partial charge in [0.2, 0.25) is 17.6 Å². The zero-order valence-corrected chi connectivity index (χ0v) is 19.0. The highest BCUT2D eigenvalue weighted by Gasteiger charge is 2.75. The Kier molecular flexibility index (Phi) is 5.28. The maximum Gasteiger partial charge on any atom is 0.449 e. The number of thiophene rings is 1. The number of nitrogens with one attached hydrogen (secondary N) is 2. The Morgan fingerprint density at radius 1 is 1.23 bits per heavy atom. The number of aliphatic hydroxyl groups is 2. The van der Waals surface area contributed by atoms with E-state index >= 15 is 0 Å². The lowest BCUT2D eigenvalue weighted by Gasteiger charge is -2.25. The molecule has 0 radical (unpaired) electrons. The van der Waals surface area contributed by atoms with Gasteiger partial charge in [-0.05, 0) is 30.4 Å². The van der Waals surface area contributed by atoms with E-state index in [4.69, 9.17) is 0 Å². The summed E-state index contributed by atoms with van der Waals surface area (Å²) >= 11 is 0.786. The molecule has 3 aromatic rings. The molecule has 9 nitrogen and oxygen atoms in total. The molecule has 5 atom stereocenters. The van der Waals surface area contributed by atoms with Crippen LogP contribution in [-0.2, 0) is 11.0 Å². The van der Waals surface area contributed by atoms with Crippen LogP contribution in [0.25, 0.3) is 11.2 Å². The van der Waals surface area contributed by atoms with E-state index in [2.05, 4.69) is 37.4 Å². The minimum Gasteiger partial charge on any atom is -0.389 e. The second-order valence-corrected chi connectivity index (χ2v) is 9.37. The van der Waals surface area contributed by atoms with Gasteiger partial charge in [0.05, 0.1) is 22.4 Å². The zero-order chi connectivity index (χ0) is 25.3. The first kappa shape index (κ1) is 23.5. The average molecular weight is 510 g/mol. The molecule has 4 N–H and O–H groups in total. The number of imidazole rings is 1. The lowest BCUT2D eigenvalue weighted by atomic mass is 9.98. The van der Waals surface area contributed by atoms with Gasteiger partial charge < -0.3 is 20.8 Å². The van der Waals surface area contributed by atoms with E-state index in [1.54, 1.807) is 0 Å². The summed E-state index contributed by atoms with van der Waals surface area (Å²) in [5.74, 6) is 2.40. The highest BCUT2D eigenvalue weighted by Crippen LogP contribution is 2.68. The summed E-state index contributed by atoms with van der Waals surface area (Å²) in [5.41, 5.74) is -1.88. The van der Waals surface area contributed by atoms with Gasteiger partial charge in [-0.25, -0.2) is 15.0 Å². The Morgan fingerprint density at radius 2 is 1.97 bits per heavy atom. The number of anilines is 1. The topological polar surface area (TPSA) is 125 Å². The molecule has 0 spiro atoms. The number of aromatic nitrogens is 4. The van der Waals surface area contributed by atoms with E-state index in [9.17, 15) is 32.6 Å². The molecule has 3 heterocycles. The van der Waals surface area contributed by atoms with Crippen molar-refractivity contribution in [2.45, 2.75) is 30.8 Å². The first-order valence-electron chi connectivity index (χ1n) is 10.4. The highest BCUT2D eigenvalue weighted by molar-refractivity contribution is 7.10. The predicted octanol–water partition coefficient (Wildman–Crippen LogP) is 1.52. The summed E-state index contributed by atoms with van der Waals surface area (Å²) in [6, 6.07) is 1.35. The Labute approximate surface area is 199 Å². The standard InChI is InChI=1S/C21H18F4N6O3S/c1-26-16-12-17(29-11(28-16)6-4-8-3-5-10(22)35-8)31(18(30-12)21(23,24)25)13-9-7-20(9,19(34)27-2)15(33)14(13)32/h3,5,9,13-15,32-33H,7H2,1-2H3,(H,27,34)(H,26,28,29)/t9?,13-,14+,15+,20+/m1/s1. The van der Waals surface area contributed by atoms with Gasteiger partial charge in [0.1, 0.15) is 6.10 Å². The van der Waals surface area contributed by atoms with Crippen LogP contribution in [-0.4, -0.2) is 61.9 Å². The number of alkyl halides is 3. The van der Waals surface area contributed by atoms with Crippen molar-refractivity contribution < 1.29 is 32.6 Å². The van der Waals surface area contributed by atoms with E-state index in [0.29, 0.717) is 4.88 Å². The smallest absolute Gasteiger partial charge is 0.389 e. The van der Waals surface area contributed by atoms with Crippen molar-refractivity contribution in [2.24, 2.45) is 11.3 Å². The van der Waals surface area contributed by atoms with Gasteiger partial charge in [0, 0.05) is 20.0 Å². The molecule has 2 saturated carbocycles. The fourth-order valence-corrected chi connectivity index (χ4v) is 5.53. The number of carbonyl (C=O) groups is 1. The molecule has 0 saturated heterocycles. The summed E-state index contributed by atoms with van der Waals surface area (Å²) < 4.78 is 56.3. The number of halogens is 4. The van der Waals surface area contributed by atoms with Gasteiger partial charge in [-0.15, -0.1) is 0 Å². The third kappa shape index (κ3) is 3.45. The molecule has 1 unspecified atom stereocenters. The first-order chi connectivity index (χ1) is 16.5. The number of nitrogens with zero attached hydrogens (tertiary/aromatic N) is 4. The van der Waals surface area contributed by atoms with Gasteiger partial charge in [0.25, 0.3) is 0 Å². The third-order valence-electron chi connectivity index (χ3n) is 6.52. The van der Waals surface area contributed by atoms with Crippen molar-refractivity contribution >= 4 is 34.2 Å². The van der Waals surface area contributed by atoms with E-state index in [1.807, 2.05) is 0 Å². The Hall–Kier alpha value is -3.28. The van der Waals surface area contributed by atoms with Crippen LogP contribution in [0.1, 0.15) is 29.0 Å². The van der Waals surface area contributed by atoms with E-state index in [-0.39, 0.29) is 29.2 Å². The molecule has 1 amide bonds. The van der Waals surface area contributed by atoms with Crippen molar-refractivity contribution in [3.05, 3.63) is 33.8 Å². The molecule has 2 aliphatic carbocycles. The van der Waals surface area contributed by atoms with Crippen molar-refractivity contribution in [3.8, 4) is 11.8 Å². The molecule has 184 valence electrons. The molecule has 0 aliphatic heterocycles. The van der Waals surface area contributed by atoms with E-state index in [1.165, 1.54) is 26.2 Å². The van der Waals surface area contributed by atoms with Crippen LogP contribution in [0.2, 0.25) is 0 Å². The maximum atomic E-state index is 14.1. The van der Waals surface area contributed by atoms with Crippen LogP contribution in [0.5, 0.6) is 0 Å². The van der Waals surface area contributed by atoms with Gasteiger partial charge >= 0.3 is 6.18 Å². The lowest BCUT2D eigenvalue weighted by Crippen LogP contribution is -2.41. The molecular weight excluding hydrogens is 492 g/mol. The van der Waals surface area contributed by atoms with Crippen molar-refractivity contribution in [1.82, 2.24) is 24.8 Å².